The Labute approximate surface area is 114 Å². The minimum atomic E-state index is -3.26. The van der Waals surface area contributed by atoms with Gasteiger partial charge in [0.25, 0.3) is 5.91 Å². The lowest BCUT2D eigenvalue weighted by Crippen LogP contribution is -2.16. The lowest BCUT2D eigenvalue weighted by atomic mass is 10.0. The molecule has 2 aliphatic rings. The summed E-state index contributed by atoms with van der Waals surface area (Å²) in [6.07, 6.45) is 0.316. The van der Waals surface area contributed by atoms with E-state index in [2.05, 4.69) is 4.99 Å². The Balaban J connectivity index is 2.23. The highest BCUT2D eigenvalue weighted by Crippen LogP contribution is 2.40. The van der Waals surface area contributed by atoms with Gasteiger partial charge in [-0.15, -0.1) is 0 Å². The van der Waals surface area contributed by atoms with Crippen LogP contribution in [0.1, 0.15) is 12.0 Å². The molecule has 1 aromatic carbocycles. The topological polar surface area (TPSA) is 89.6 Å². The fourth-order valence-electron chi connectivity index (χ4n) is 2.22. The Morgan fingerprint density at radius 3 is 2.68 bits per heavy atom. The van der Waals surface area contributed by atoms with Crippen LogP contribution in [0.2, 0.25) is 0 Å². The molecule has 2 aliphatic heterocycles. The highest BCUT2D eigenvalue weighted by Gasteiger charge is 2.32. The molecule has 2 N–H and O–H groups in total. The Morgan fingerprint density at radius 1 is 1.26 bits per heavy atom. The maximum absolute atomic E-state index is 12.0. The van der Waals surface area contributed by atoms with Gasteiger partial charge in [-0.25, -0.2) is 8.42 Å². The summed E-state index contributed by atoms with van der Waals surface area (Å²) in [5, 5.41) is 0.207. The minimum absolute atomic E-state index is 0.0105. The molecule has 0 spiro atoms. The SMILES string of the molecule is NC1=NC(=O)/C(=C2\CCS(=O)(=O)c3ccccc32)S1. The molecule has 0 radical (unpaired) electrons. The van der Waals surface area contributed by atoms with Crippen LogP contribution in [0.15, 0.2) is 39.1 Å². The first-order valence-corrected chi connectivity index (χ1v) is 8.07. The van der Waals surface area contributed by atoms with Crippen LogP contribution in [0.3, 0.4) is 0 Å². The molecule has 0 fully saturated rings. The molecule has 7 heteroatoms. The fourth-order valence-corrected chi connectivity index (χ4v) is 4.53. The minimum Gasteiger partial charge on any atom is -0.378 e. The van der Waals surface area contributed by atoms with Crippen LogP contribution in [0.5, 0.6) is 0 Å². The first-order chi connectivity index (χ1) is 8.99. The molecule has 3 rings (SSSR count). The Hall–Kier alpha value is -1.60. The van der Waals surface area contributed by atoms with E-state index < -0.39 is 9.84 Å². The molecule has 0 unspecified atom stereocenters. The average Bonchev–Trinajstić information content (AvgIpc) is 2.69. The highest BCUT2D eigenvalue weighted by atomic mass is 32.2. The number of carbonyl (C=O) groups excluding carboxylic acids is 1. The summed E-state index contributed by atoms with van der Waals surface area (Å²) in [6.45, 7) is 0. The summed E-state index contributed by atoms with van der Waals surface area (Å²) in [7, 11) is -3.26. The smallest absolute Gasteiger partial charge is 0.286 e. The number of nitrogens with zero attached hydrogens (tertiary/aromatic N) is 1. The first kappa shape index (κ1) is 12.4. The van der Waals surface area contributed by atoms with E-state index in [1.807, 2.05) is 0 Å². The van der Waals surface area contributed by atoms with Crippen molar-refractivity contribution < 1.29 is 13.2 Å². The number of thioether (sulfide) groups is 1. The van der Waals surface area contributed by atoms with Crippen LogP contribution in [0.4, 0.5) is 0 Å². The van der Waals surface area contributed by atoms with Gasteiger partial charge in [0.15, 0.2) is 15.0 Å². The van der Waals surface area contributed by atoms with Crippen molar-refractivity contribution in [1.82, 2.24) is 0 Å². The molecule has 5 nitrogen and oxygen atoms in total. The quantitative estimate of drug-likeness (QED) is 0.725. The molecule has 0 bridgehead atoms. The van der Waals surface area contributed by atoms with E-state index in [9.17, 15) is 13.2 Å². The van der Waals surface area contributed by atoms with E-state index in [0.717, 1.165) is 17.3 Å². The normalized spacial score (nSPS) is 25.1. The molecule has 1 amide bonds. The third-order valence-electron chi connectivity index (χ3n) is 3.05. The number of benzene rings is 1. The van der Waals surface area contributed by atoms with Gasteiger partial charge in [0.1, 0.15) is 0 Å². The summed E-state index contributed by atoms with van der Waals surface area (Å²) in [5.74, 6) is -0.372. The number of allylic oxidation sites excluding steroid dienone is 1. The van der Waals surface area contributed by atoms with Gasteiger partial charge in [-0.2, -0.15) is 4.99 Å². The number of fused-ring (bicyclic) bond motifs is 1. The predicted octanol–water partition coefficient (Wildman–Crippen LogP) is 1.16. The molecule has 0 aromatic heterocycles. The van der Waals surface area contributed by atoms with Crippen LogP contribution in [0, 0.1) is 0 Å². The fraction of sp³-hybridized carbons (Fsp3) is 0.167. The molecule has 19 heavy (non-hydrogen) atoms. The van der Waals surface area contributed by atoms with Gasteiger partial charge in [0.2, 0.25) is 0 Å². The van der Waals surface area contributed by atoms with Gasteiger partial charge in [-0.05, 0) is 35.4 Å². The molecular formula is C12H10N2O3S2. The predicted molar refractivity (Wildman–Crippen MR) is 74.3 cm³/mol. The second kappa shape index (κ2) is 4.21. The molecule has 0 saturated carbocycles. The Morgan fingerprint density at radius 2 is 2.00 bits per heavy atom. The first-order valence-electron chi connectivity index (χ1n) is 5.61. The second-order valence-electron chi connectivity index (χ2n) is 4.23. The molecule has 0 atom stereocenters. The van der Waals surface area contributed by atoms with E-state index in [4.69, 9.17) is 5.73 Å². The summed E-state index contributed by atoms with van der Waals surface area (Å²) in [5.41, 5.74) is 6.85. The number of carbonyl (C=O) groups is 1. The lowest BCUT2D eigenvalue weighted by Gasteiger charge is -2.20. The van der Waals surface area contributed by atoms with Crippen LogP contribution in [-0.4, -0.2) is 25.2 Å². The van der Waals surface area contributed by atoms with E-state index in [-0.39, 0.29) is 21.7 Å². The van der Waals surface area contributed by atoms with Crippen molar-refractivity contribution in [2.45, 2.75) is 11.3 Å². The number of sulfone groups is 1. The van der Waals surface area contributed by atoms with Crippen molar-refractivity contribution in [1.29, 1.82) is 0 Å². The van der Waals surface area contributed by atoms with Crippen molar-refractivity contribution in [3.63, 3.8) is 0 Å². The number of amidine groups is 1. The summed E-state index contributed by atoms with van der Waals surface area (Å²) < 4.78 is 24.0. The number of hydrogen-bond donors (Lipinski definition) is 1. The van der Waals surface area contributed by atoms with Crippen molar-refractivity contribution in [2.75, 3.05) is 5.75 Å². The molecule has 0 saturated heterocycles. The molecule has 98 valence electrons. The maximum Gasteiger partial charge on any atom is 0.286 e. The third kappa shape index (κ3) is 1.98. The Kier molecular flexibility index (Phi) is 2.75. The van der Waals surface area contributed by atoms with Crippen LogP contribution in [0.25, 0.3) is 5.57 Å². The Bertz CT molecular complexity index is 748. The van der Waals surface area contributed by atoms with Crippen LogP contribution < -0.4 is 5.73 Å². The number of nitrogens with two attached hydrogens (primary N) is 1. The van der Waals surface area contributed by atoms with E-state index in [1.165, 1.54) is 0 Å². The average molecular weight is 294 g/mol. The molecular weight excluding hydrogens is 284 g/mol. The van der Waals surface area contributed by atoms with Crippen molar-refractivity contribution in [2.24, 2.45) is 10.7 Å². The number of amides is 1. The van der Waals surface area contributed by atoms with E-state index in [0.29, 0.717) is 16.9 Å². The van der Waals surface area contributed by atoms with Gasteiger partial charge in [0.05, 0.1) is 15.6 Å². The summed E-state index contributed by atoms with van der Waals surface area (Å²) >= 11 is 1.11. The van der Waals surface area contributed by atoms with Crippen LogP contribution >= 0.6 is 11.8 Å². The van der Waals surface area contributed by atoms with Gasteiger partial charge in [0, 0.05) is 0 Å². The van der Waals surface area contributed by atoms with Crippen molar-refractivity contribution in [3.05, 3.63) is 34.7 Å². The lowest BCUT2D eigenvalue weighted by molar-refractivity contribution is -0.113. The number of aliphatic imine (C=N–C) groups is 1. The zero-order valence-electron chi connectivity index (χ0n) is 9.79. The molecule has 0 aliphatic carbocycles. The summed E-state index contributed by atoms with van der Waals surface area (Å²) in [4.78, 5) is 16.1. The standard InChI is InChI=1S/C12H10N2O3S2/c13-12-14-11(15)10(18-12)8-5-6-19(16,17)9-4-2-1-3-7(8)9/h1-4H,5-6H2,(H2,13,14,15)/b10-8-. The third-order valence-corrected chi connectivity index (χ3v) is 5.75. The van der Waals surface area contributed by atoms with Gasteiger partial charge in [-0.1, -0.05) is 18.2 Å². The number of rotatable bonds is 0. The monoisotopic (exact) mass is 294 g/mol. The highest BCUT2D eigenvalue weighted by molar-refractivity contribution is 8.18. The second-order valence-corrected chi connectivity index (χ2v) is 7.34. The van der Waals surface area contributed by atoms with Gasteiger partial charge < -0.3 is 5.73 Å². The maximum atomic E-state index is 12.0. The van der Waals surface area contributed by atoms with Gasteiger partial charge in [-0.3, -0.25) is 4.79 Å². The number of hydrogen-bond acceptors (Lipinski definition) is 5. The zero-order chi connectivity index (χ0) is 13.6. The van der Waals surface area contributed by atoms with E-state index >= 15 is 0 Å². The molecule has 2 heterocycles. The van der Waals surface area contributed by atoms with Crippen molar-refractivity contribution in [3.8, 4) is 0 Å². The van der Waals surface area contributed by atoms with E-state index in [1.54, 1.807) is 24.3 Å². The summed E-state index contributed by atoms with van der Waals surface area (Å²) in [6, 6.07) is 6.72. The van der Waals surface area contributed by atoms with Gasteiger partial charge >= 0.3 is 0 Å². The largest absolute Gasteiger partial charge is 0.378 e. The van der Waals surface area contributed by atoms with Crippen LogP contribution in [-0.2, 0) is 14.6 Å². The molecule has 1 aromatic rings. The zero-order valence-corrected chi connectivity index (χ0v) is 11.4. The van der Waals surface area contributed by atoms with Crippen molar-refractivity contribution >= 4 is 38.2 Å².